The maximum absolute atomic E-state index is 14.5. The molecule has 0 radical (unpaired) electrons. The third-order valence-corrected chi connectivity index (χ3v) is 11.2. The number of amides is 1. The average molecular weight is 744 g/mol. The zero-order valence-corrected chi connectivity index (χ0v) is 31.8. The van der Waals surface area contributed by atoms with Crippen molar-refractivity contribution >= 4 is 5.91 Å². The number of aryl methyl sites for hydroxylation is 3. The number of hydrogen-bond donors (Lipinski definition) is 1. The van der Waals surface area contributed by atoms with Crippen LogP contribution in [0.25, 0.3) is 0 Å². The van der Waals surface area contributed by atoms with E-state index in [1.54, 1.807) is 6.07 Å². The molecule has 0 saturated carbocycles. The molecule has 3 aromatic rings. The summed E-state index contributed by atoms with van der Waals surface area (Å²) in [4.78, 5) is 14.4. The molecule has 2 saturated heterocycles. The Morgan fingerprint density at radius 2 is 1.54 bits per heavy atom. The first-order valence-electron chi connectivity index (χ1n) is 19.8. The Hall–Kier alpha value is -3.72. The van der Waals surface area contributed by atoms with Gasteiger partial charge in [-0.05, 0) is 148 Å². The van der Waals surface area contributed by atoms with Crippen LogP contribution in [0, 0.1) is 42.7 Å². The second-order valence-electron chi connectivity index (χ2n) is 15.1. The SMILES string of the molecule is Cc1cc(F)ccc1C(CCOC1CCCCO1)CN(CC(c1ccc(F)cc1C)C(C#N)COC1CCCCO1)NC(=O)c1cccc2c1CCCC2. The quantitative estimate of drug-likeness (QED) is 0.147. The predicted molar refractivity (Wildman–Crippen MR) is 203 cm³/mol. The van der Waals surface area contributed by atoms with Crippen LogP contribution in [0.2, 0.25) is 0 Å². The summed E-state index contributed by atoms with van der Waals surface area (Å²) in [6.45, 7) is 6.16. The monoisotopic (exact) mass is 743 g/mol. The summed E-state index contributed by atoms with van der Waals surface area (Å²) >= 11 is 0. The molecule has 0 bridgehead atoms. The van der Waals surface area contributed by atoms with Crippen molar-refractivity contribution in [3.8, 4) is 6.07 Å². The van der Waals surface area contributed by atoms with E-state index in [0.29, 0.717) is 43.9 Å². The lowest BCUT2D eigenvalue weighted by molar-refractivity contribution is -0.167. The summed E-state index contributed by atoms with van der Waals surface area (Å²) < 4.78 is 53.0. The summed E-state index contributed by atoms with van der Waals surface area (Å²) in [6, 6.07) is 17.9. The number of hydrazine groups is 1. The van der Waals surface area contributed by atoms with Gasteiger partial charge >= 0.3 is 0 Å². The number of halogens is 2. The number of rotatable bonds is 16. The number of nitrogens with zero attached hydrogens (tertiary/aromatic N) is 2. The minimum Gasteiger partial charge on any atom is -0.353 e. The van der Waals surface area contributed by atoms with Gasteiger partial charge in [-0.15, -0.1) is 0 Å². The number of ether oxygens (including phenoxy) is 4. The van der Waals surface area contributed by atoms with E-state index in [1.165, 1.54) is 29.8 Å². The van der Waals surface area contributed by atoms with Gasteiger partial charge in [0.2, 0.25) is 0 Å². The fraction of sp³-hybridized carbons (Fsp3) is 0.545. The van der Waals surface area contributed by atoms with Crippen LogP contribution in [0.4, 0.5) is 8.78 Å². The van der Waals surface area contributed by atoms with Gasteiger partial charge in [-0.1, -0.05) is 24.3 Å². The van der Waals surface area contributed by atoms with Crippen LogP contribution < -0.4 is 5.43 Å². The van der Waals surface area contributed by atoms with E-state index in [-0.39, 0.29) is 49.2 Å². The fourth-order valence-corrected chi connectivity index (χ4v) is 8.29. The highest BCUT2D eigenvalue weighted by molar-refractivity contribution is 5.95. The van der Waals surface area contributed by atoms with Crippen LogP contribution in [0.15, 0.2) is 54.6 Å². The van der Waals surface area contributed by atoms with E-state index in [0.717, 1.165) is 86.5 Å². The predicted octanol–water partition coefficient (Wildman–Crippen LogP) is 8.59. The first-order valence-corrected chi connectivity index (χ1v) is 19.8. The molecular weight excluding hydrogens is 688 g/mol. The summed E-state index contributed by atoms with van der Waals surface area (Å²) in [5, 5.41) is 12.6. The van der Waals surface area contributed by atoms with Gasteiger partial charge in [0.05, 0.1) is 25.2 Å². The normalized spacial score (nSPS) is 20.4. The number of carbonyl (C=O) groups excluding carboxylic acids is 1. The lowest BCUT2D eigenvalue weighted by atomic mass is 9.84. The molecule has 2 heterocycles. The van der Waals surface area contributed by atoms with Crippen LogP contribution in [-0.2, 0) is 31.8 Å². The van der Waals surface area contributed by atoms with Gasteiger partial charge in [-0.25, -0.2) is 13.8 Å². The van der Waals surface area contributed by atoms with Crippen molar-refractivity contribution in [2.75, 3.05) is 39.5 Å². The minimum atomic E-state index is -0.638. The highest BCUT2D eigenvalue weighted by Crippen LogP contribution is 2.33. The second kappa shape index (κ2) is 19.7. The standard InChI is InChI=1S/C44H55F2N3O5/c1-30-24-35(45)16-18-37(30)33(20-23-53-42-14-5-7-21-51-42)27-49(48-44(50)40-13-9-11-32-10-3-4-12-39(32)40)28-41(38-19-17-36(46)25-31(38)2)34(26-47)29-54-43-15-6-8-22-52-43/h9,11,13,16-19,24-25,33-34,41-43H,3-8,10,12,14-15,20-23,27-29H2,1-2H3,(H,48,50). The van der Waals surface area contributed by atoms with Crippen molar-refractivity contribution in [3.63, 3.8) is 0 Å². The Morgan fingerprint density at radius 1 is 0.870 bits per heavy atom. The Morgan fingerprint density at radius 3 is 2.19 bits per heavy atom. The molecule has 0 spiro atoms. The van der Waals surface area contributed by atoms with E-state index in [2.05, 4.69) is 17.6 Å². The Balaban J connectivity index is 1.34. The highest BCUT2D eigenvalue weighted by Gasteiger charge is 2.32. The van der Waals surface area contributed by atoms with Crippen molar-refractivity contribution in [2.45, 2.75) is 109 Å². The molecular formula is C44H55F2N3O5. The van der Waals surface area contributed by atoms with Crippen molar-refractivity contribution in [2.24, 2.45) is 5.92 Å². The van der Waals surface area contributed by atoms with Gasteiger partial charge in [0.1, 0.15) is 11.6 Å². The van der Waals surface area contributed by atoms with E-state index in [9.17, 15) is 18.8 Å². The van der Waals surface area contributed by atoms with Gasteiger partial charge < -0.3 is 18.9 Å². The van der Waals surface area contributed by atoms with Crippen molar-refractivity contribution in [1.29, 1.82) is 5.26 Å². The van der Waals surface area contributed by atoms with Gasteiger partial charge in [0.15, 0.2) is 12.6 Å². The molecule has 10 heteroatoms. The molecule has 1 N–H and O–H groups in total. The van der Waals surface area contributed by atoms with Crippen molar-refractivity contribution < 1.29 is 32.5 Å². The van der Waals surface area contributed by atoms with Gasteiger partial charge in [0, 0.05) is 43.7 Å². The zero-order chi connectivity index (χ0) is 37.9. The third-order valence-electron chi connectivity index (χ3n) is 11.2. The molecule has 6 rings (SSSR count). The number of nitriles is 1. The lowest BCUT2D eigenvalue weighted by Gasteiger charge is -2.35. The lowest BCUT2D eigenvalue weighted by Crippen LogP contribution is -2.48. The summed E-state index contributed by atoms with van der Waals surface area (Å²) in [6.07, 6.45) is 9.48. The number of nitrogens with one attached hydrogen (secondary N) is 1. The molecule has 5 atom stereocenters. The molecule has 2 fully saturated rings. The van der Waals surface area contributed by atoms with Crippen LogP contribution >= 0.6 is 0 Å². The molecule has 8 nitrogen and oxygen atoms in total. The topological polar surface area (TPSA) is 93.1 Å². The largest absolute Gasteiger partial charge is 0.353 e. The highest BCUT2D eigenvalue weighted by atomic mass is 19.1. The fourth-order valence-electron chi connectivity index (χ4n) is 8.29. The summed E-state index contributed by atoms with van der Waals surface area (Å²) in [5.41, 5.74) is 9.48. The van der Waals surface area contributed by atoms with E-state index in [4.69, 9.17) is 18.9 Å². The Labute approximate surface area is 319 Å². The van der Waals surface area contributed by atoms with Crippen LogP contribution in [0.5, 0.6) is 0 Å². The zero-order valence-electron chi connectivity index (χ0n) is 31.8. The molecule has 54 heavy (non-hydrogen) atoms. The molecule has 3 aromatic carbocycles. The first-order chi connectivity index (χ1) is 26.3. The van der Waals surface area contributed by atoms with E-state index >= 15 is 0 Å². The molecule has 3 aliphatic rings. The molecule has 2 aliphatic heterocycles. The first kappa shape index (κ1) is 40.0. The molecule has 5 unspecified atom stereocenters. The summed E-state index contributed by atoms with van der Waals surface area (Å²) in [7, 11) is 0. The van der Waals surface area contributed by atoms with E-state index in [1.807, 2.05) is 37.1 Å². The number of fused-ring (bicyclic) bond motifs is 1. The molecule has 1 aliphatic carbocycles. The Bertz CT molecular complexity index is 1740. The summed E-state index contributed by atoms with van der Waals surface area (Å²) in [5.74, 6) is -2.17. The second-order valence-corrected chi connectivity index (χ2v) is 15.1. The van der Waals surface area contributed by atoms with Crippen LogP contribution in [0.1, 0.15) is 113 Å². The van der Waals surface area contributed by atoms with Crippen LogP contribution in [0.3, 0.4) is 0 Å². The maximum atomic E-state index is 14.5. The average Bonchev–Trinajstić information content (AvgIpc) is 3.18. The van der Waals surface area contributed by atoms with Crippen LogP contribution in [-0.4, -0.2) is 63.0 Å². The number of hydrogen-bond acceptors (Lipinski definition) is 7. The molecule has 0 aromatic heterocycles. The van der Waals surface area contributed by atoms with Gasteiger partial charge in [-0.2, -0.15) is 5.26 Å². The molecule has 1 amide bonds. The Kier molecular flexibility index (Phi) is 14.6. The smallest absolute Gasteiger partial charge is 0.265 e. The van der Waals surface area contributed by atoms with Crippen molar-refractivity contribution in [1.82, 2.24) is 10.4 Å². The third kappa shape index (κ3) is 10.7. The van der Waals surface area contributed by atoms with Crippen molar-refractivity contribution in [3.05, 3.63) is 105 Å². The van der Waals surface area contributed by atoms with Gasteiger partial charge in [-0.3, -0.25) is 10.2 Å². The minimum absolute atomic E-state index is 0.117. The van der Waals surface area contributed by atoms with E-state index < -0.39 is 11.8 Å². The maximum Gasteiger partial charge on any atom is 0.265 e. The number of carbonyl (C=O) groups is 1. The molecule has 290 valence electrons. The number of benzene rings is 3. The van der Waals surface area contributed by atoms with Gasteiger partial charge in [0.25, 0.3) is 5.91 Å².